The first-order valence-corrected chi connectivity index (χ1v) is 8.46. The molecule has 23 heavy (non-hydrogen) atoms. The molecule has 1 heterocycles. The number of hydrogen-bond acceptors (Lipinski definition) is 4. The molecular formula is C18H29N3O2. The monoisotopic (exact) mass is 319 g/mol. The molecule has 0 aliphatic carbocycles. The molecule has 1 amide bonds. The van der Waals surface area contributed by atoms with Crippen molar-refractivity contribution in [1.29, 1.82) is 0 Å². The molecular weight excluding hydrogens is 290 g/mol. The fraction of sp³-hybridized carbons (Fsp3) is 0.611. The number of piperidine rings is 1. The number of likely N-dealkylation sites (tertiary alicyclic amines) is 1. The summed E-state index contributed by atoms with van der Waals surface area (Å²) < 4.78 is 0. The Morgan fingerprint density at radius 2 is 2.09 bits per heavy atom. The van der Waals surface area contributed by atoms with E-state index in [9.17, 15) is 9.90 Å². The Labute approximate surface area is 139 Å². The molecule has 0 spiro atoms. The molecule has 1 aromatic carbocycles. The van der Waals surface area contributed by atoms with Crippen LogP contribution in [0.15, 0.2) is 30.3 Å². The highest BCUT2D eigenvalue weighted by atomic mass is 16.3. The Bertz CT molecular complexity index is 478. The van der Waals surface area contributed by atoms with Crippen LogP contribution in [0.5, 0.6) is 0 Å². The summed E-state index contributed by atoms with van der Waals surface area (Å²) in [6.45, 7) is 7.59. The highest BCUT2D eigenvalue weighted by Gasteiger charge is 2.29. The van der Waals surface area contributed by atoms with Crippen LogP contribution in [0.4, 0.5) is 0 Å². The molecule has 5 nitrogen and oxygen atoms in total. The summed E-state index contributed by atoms with van der Waals surface area (Å²) >= 11 is 0. The van der Waals surface area contributed by atoms with E-state index in [1.165, 1.54) is 5.56 Å². The van der Waals surface area contributed by atoms with Crippen LogP contribution in [0, 0.1) is 5.92 Å². The first-order valence-electron chi connectivity index (χ1n) is 8.46. The summed E-state index contributed by atoms with van der Waals surface area (Å²) in [6.07, 6.45) is 0.681. The van der Waals surface area contributed by atoms with Gasteiger partial charge in [-0.2, -0.15) is 0 Å². The second-order valence-corrected chi connectivity index (χ2v) is 6.54. The number of carbonyl (C=O) groups excluding carboxylic acids is 1. The van der Waals surface area contributed by atoms with Gasteiger partial charge in [-0.3, -0.25) is 9.69 Å². The van der Waals surface area contributed by atoms with E-state index in [0.717, 1.165) is 32.6 Å². The number of rotatable bonds is 7. The Hall–Kier alpha value is -1.43. The quantitative estimate of drug-likeness (QED) is 0.701. The maximum atomic E-state index is 11.0. The molecule has 1 saturated heterocycles. The first kappa shape index (κ1) is 17.9. The van der Waals surface area contributed by atoms with Crippen molar-refractivity contribution < 1.29 is 9.90 Å². The van der Waals surface area contributed by atoms with E-state index in [0.29, 0.717) is 12.6 Å². The van der Waals surface area contributed by atoms with Crippen molar-refractivity contribution in [2.75, 3.05) is 26.2 Å². The number of nitrogens with zero attached hydrogens (tertiary/aromatic N) is 1. The van der Waals surface area contributed by atoms with Gasteiger partial charge >= 0.3 is 0 Å². The van der Waals surface area contributed by atoms with E-state index in [1.807, 2.05) is 13.0 Å². The van der Waals surface area contributed by atoms with Crippen molar-refractivity contribution in [1.82, 2.24) is 15.5 Å². The highest BCUT2D eigenvalue weighted by molar-refractivity contribution is 5.72. The predicted molar refractivity (Wildman–Crippen MR) is 92.0 cm³/mol. The van der Waals surface area contributed by atoms with Crippen LogP contribution in [0.1, 0.15) is 25.8 Å². The average Bonchev–Trinajstić information content (AvgIpc) is 2.53. The molecule has 0 bridgehead atoms. The molecule has 0 aromatic heterocycles. The summed E-state index contributed by atoms with van der Waals surface area (Å²) in [7, 11) is 0. The van der Waals surface area contributed by atoms with Gasteiger partial charge in [0, 0.05) is 45.7 Å². The molecule has 1 aromatic rings. The number of benzene rings is 1. The van der Waals surface area contributed by atoms with Gasteiger partial charge in [0.15, 0.2) is 0 Å². The molecule has 1 aliphatic rings. The summed E-state index contributed by atoms with van der Waals surface area (Å²) in [5, 5.41) is 16.4. The number of carbonyl (C=O) groups is 1. The second-order valence-electron chi connectivity index (χ2n) is 6.54. The normalized spacial score (nSPS) is 23.4. The minimum atomic E-state index is -0.306. The van der Waals surface area contributed by atoms with Crippen molar-refractivity contribution in [3.63, 3.8) is 0 Å². The van der Waals surface area contributed by atoms with Crippen LogP contribution in [0.3, 0.4) is 0 Å². The van der Waals surface area contributed by atoms with Gasteiger partial charge in [-0.05, 0) is 24.8 Å². The minimum absolute atomic E-state index is 0.00726. The lowest BCUT2D eigenvalue weighted by molar-refractivity contribution is -0.119. The molecule has 3 unspecified atom stereocenters. The third kappa shape index (κ3) is 6.29. The Kier molecular flexibility index (Phi) is 7.02. The lowest BCUT2D eigenvalue weighted by Gasteiger charge is -2.39. The molecule has 1 fully saturated rings. The summed E-state index contributed by atoms with van der Waals surface area (Å²) in [6, 6.07) is 10.7. The van der Waals surface area contributed by atoms with Gasteiger partial charge in [-0.15, -0.1) is 0 Å². The van der Waals surface area contributed by atoms with Crippen LogP contribution in [-0.4, -0.2) is 54.2 Å². The van der Waals surface area contributed by atoms with Crippen LogP contribution in [-0.2, 0) is 11.3 Å². The minimum Gasteiger partial charge on any atom is -0.393 e. The molecule has 2 rings (SSSR count). The van der Waals surface area contributed by atoms with Crippen molar-refractivity contribution in [3.8, 4) is 0 Å². The summed E-state index contributed by atoms with van der Waals surface area (Å²) in [5.74, 6) is 0.280. The van der Waals surface area contributed by atoms with Crippen molar-refractivity contribution in [3.05, 3.63) is 35.9 Å². The molecule has 5 heteroatoms. The van der Waals surface area contributed by atoms with Gasteiger partial charge in [0.05, 0.1) is 6.10 Å². The smallest absolute Gasteiger partial charge is 0.216 e. The largest absolute Gasteiger partial charge is 0.393 e. The Morgan fingerprint density at radius 3 is 2.74 bits per heavy atom. The SMILES string of the molecule is CC(=O)NCCN1CC(NCc2ccccc2)CC(C(C)O)C1. The Morgan fingerprint density at radius 1 is 1.35 bits per heavy atom. The van der Waals surface area contributed by atoms with Gasteiger partial charge in [0.2, 0.25) is 5.91 Å². The Balaban J connectivity index is 1.85. The summed E-state index contributed by atoms with van der Waals surface area (Å²) in [4.78, 5) is 13.3. The topological polar surface area (TPSA) is 64.6 Å². The van der Waals surface area contributed by atoms with Crippen LogP contribution < -0.4 is 10.6 Å². The predicted octanol–water partition coefficient (Wildman–Crippen LogP) is 0.984. The van der Waals surface area contributed by atoms with Gasteiger partial charge in [0.25, 0.3) is 0 Å². The molecule has 0 saturated carbocycles. The fourth-order valence-corrected chi connectivity index (χ4v) is 3.16. The lowest BCUT2D eigenvalue weighted by atomic mass is 9.90. The van der Waals surface area contributed by atoms with E-state index in [-0.39, 0.29) is 17.9 Å². The third-order valence-corrected chi connectivity index (χ3v) is 4.48. The molecule has 128 valence electrons. The zero-order chi connectivity index (χ0) is 16.7. The number of aliphatic hydroxyl groups excluding tert-OH is 1. The number of nitrogens with one attached hydrogen (secondary N) is 2. The van der Waals surface area contributed by atoms with Crippen LogP contribution >= 0.6 is 0 Å². The van der Waals surface area contributed by atoms with E-state index < -0.39 is 0 Å². The van der Waals surface area contributed by atoms with Gasteiger partial charge < -0.3 is 15.7 Å². The van der Waals surface area contributed by atoms with Gasteiger partial charge in [0.1, 0.15) is 0 Å². The number of amides is 1. The van der Waals surface area contributed by atoms with E-state index in [1.54, 1.807) is 6.92 Å². The second kappa shape index (κ2) is 9.01. The fourth-order valence-electron chi connectivity index (χ4n) is 3.16. The number of aliphatic hydroxyl groups is 1. The zero-order valence-electron chi connectivity index (χ0n) is 14.2. The molecule has 3 atom stereocenters. The molecule has 0 radical (unpaired) electrons. The third-order valence-electron chi connectivity index (χ3n) is 4.48. The van der Waals surface area contributed by atoms with Gasteiger partial charge in [-0.1, -0.05) is 30.3 Å². The molecule has 1 aliphatic heterocycles. The highest BCUT2D eigenvalue weighted by Crippen LogP contribution is 2.20. The van der Waals surface area contributed by atoms with E-state index in [4.69, 9.17) is 0 Å². The maximum absolute atomic E-state index is 11.0. The van der Waals surface area contributed by atoms with Gasteiger partial charge in [-0.25, -0.2) is 0 Å². The van der Waals surface area contributed by atoms with Crippen molar-refractivity contribution >= 4 is 5.91 Å². The van der Waals surface area contributed by atoms with Crippen LogP contribution in [0.2, 0.25) is 0 Å². The first-order chi connectivity index (χ1) is 11.0. The van der Waals surface area contributed by atoms with E-state index >= 15 is 0 Å². The van der Waals surface area contributed by atoms with Crippen molar-refractivity contribution in [2.45, 2.75) is 39.0 Å². The van der Waals surface area contributed by atoms with Crippen molar-refractivity contribution in [2.24, 2.45) is 5.92 Å². The lowest BCUT2D eigenvalue weighted by Crippen LogP contribution is -2.52. The average molecular weight is 319 g/mol. The summed E-state index contributed by atoms with van der Waals surface area (Å²) in [5.41, 5.74) is 1.27. The number of hydrogen-bond donors (Lipinski definition) is 3. The maximum Gasteiger partial charge on any atom is 0.216 e. The standard InChI is InChI=1S/C18H29N3O2/c1-14(22)17-10-18(20-11-16-6-4-3-5-7-16)13-21(12-17)9-8-19-15(2)23/h3-7,14,17-18,20,22H,8-13H2,1-2H3,(H,19,23). The molecule has 3 N–H and O–H groups in total. The van der Waals surface area contributed by atoms with Crippen LogP contribution in [0.25, 0.3) is 0 Å². The zero-order valence-corrected chi connectivity index (χ0v) is 14.2. The van der Waals surface area contributed by atoms with E-state index in [2.05, 4.69) is 39.8 Å².